The fourth-order valence-electron chi connectivity index (χ4n) is 4.19. The maximum Gasteiger partial charge on any atom is 0.254 e. The van der Waals surface area contributed by atoms with E-state index in [0.29, 0.717) is 31.7 Å². The third kappa shape index (κ3) is 4.76. The molecule has 0 bridgehead atoms. The van der Waals surface area contributed by atoms with Gasteiger partial charge in [-0.15, -0.1) is 0 Å². The smallest absolute Gasteiger partial charge is 0.254 e. The highest BCUT2D eigenvalue weighted by Crippen LogP contribution is 2.24. The predicted octanol–water partition coefficient (Wildman–Crippen LogP) is 3.44. The molecule has 164 valence electrons. The van der Waals surface area contributed by atoms with Gasteiger partial charge in [-0.1, -0.05) is 36.7 Å². The summed E-state index contributed by atoms with van der Waals surface area (Å²) in [6.45, 7) is 6.52. The van der Waals surface area contributed by atoms with Gasteiger partial charge in [0.25, 0.3) is 5.91 Å². The zero-order valence-electron chi connectivity index (χ0n) is 17.9. The Morgan fingerprint density at radius 3 is 2.61 bits per heavy atom. The molecule has 31 heavy (non-hydrogen) atoms. The third-order valence-electron chi connectivity index (χ3n) is 5.91. The minimum absolute atomic E-state index is 0.0492. The first kappa shape index (κ1) is 21.8. The molecular formula is C24H29ClN4O2. The number of rotatable bonds is 7. The second-order valence-corrected chi connectivity index (χ2v) is 8.42. The lowest BCUT2D eigenvalue weighted by molar-refractivity contribution is 0.0615. The number of aromatic nitrogens is 2. The molecule has 2 heterocycles. The number of benzene rings is 2. The summed E-state index contributed by atoms with van der Waals surface area (Å²) in [5, 5.41) is 9.86. The fourth-order valence-corrected chi connectivity index (χ4v) is 4.39. The number of nitrogens with zero attached hydrogens (tertiary/aromatic N) is 4. The molecule has 0 spiro atoms. The molecule has 1 aliphatic rings. The van der Waals surface area contributed by atoms with Crippen LogP contribution in [0.25, 0.3) is 11.0 Å². The molecule has 0 atom stereocenters. The van der Waals surface area contributed by atoms with E-state index in [9.17, 15) is 4.79 Å². The average molecular weight is 441 g/mol. The Labute approximate surface area is 188 Å². The van der Waals surface area contributed by atoms with Crippen LogP contribution in [0, 0.1) is 0 Å². The highest BCUT2D eigenvalue weighted by molar-refractivity contribution is 6.31. The monoisotopic (exact) mass is 440 g/mol. The summed E-state index contributed by atoms with van der Waals surface area (Å²) in [5.74, 6) is 1.06. The summed E-state index contributed by atoms with van der Waals surface area (Å²) in [6, 6.07) is 13.7. The van der Waals surface area contributed by atoms with Crippen molar-refractivity contribution < 1.29 is 9.90 Å². The van der Waals surface area contributed by atoms with E-state index in [2.05, 4.69) is 16.4 Å². The van der Waals surface area contributed by atoms with Gasteiger partial charge in [0.2, 0.25) is 0 Å². The van der Waals surface area contributed by atoms with Crippen LogP contribution in [0.5, 0.6) is 0 Å². The SMILES string of the molecule is CCCc1nc2ccc(C(=O)N3CCN(CCO)CC3)cc2n1Cc1ccccc1Cl. The van der Waals surface area contributed by atoms with Gasteiger partial charge in [-0.05, 0) is 36.2 Å². The Morgan fingerprint density at radius 1 is 1.13 bits per heavy atom. The fraction of sp³-hybridized carbons (Fsp3) is 0.417. The molecule has 0 aliphatic carbocycles. The number of carbonyl (C=O) groups is 1. The van der Waals surface area contributed by atoms with Gasteiger partial charge in [0, 0.05) is 49.7 Å². The van der Waals surface area contributed by atoms with Gasteiger partial charge in [0.05, 0.1) is 24.2 Å². The van der Waals surface area contributed by atoms with Gasteiger partial charge in [-0.25, -0.2) is 4.98 Å². The maximum absolute atomic E-state index is 13.2. The van der Waals surface area contributed by atoms with E-state index in [1.54, 1.807) is 0 Å². The molecular weight excluding hydrogens is 412 g/mol. The molecule has 6 nitrogen and oxygen atoms in total. The highest BCUT2D eigenvalue weighted by Gasteiger charge is 2.23. The number of carbonyl (C=O) groups excluding carboxylic acids is 1. The van der Waals surface area contributed by atoms with Crippen LogP contribution in [-0.4, -0.2) is 69.7 Å². The molecule has 0 radical (unpaired) electrons. The summed E-state index contributed by atoms with van der Waals surface area (Å²) < 4.78 is 2.19. The van der Waals surface area contributed by atoms with E-state index in [4.69, 9.17) is 21.7 Å². The zero-order valence-corrected chi connectivity index (χ0v) is 18.7. The van der Waals surface area contributed by atoms with Crippen molar-refractivity contribution in [2.75, 3.05) is 39.3 Å². The molecule has 1 amide bonds. The Bertz CT molecular complexity index is 1060. The van der Waals surface area contributed by atoms with E-state index in [-0.39, 0.29) is 12.5 Å². The number of β-amino-alcohol motifs (C(OH)–C–C–N with tert-alkyl or cyclic N) is 1. The van der Waals surface area contributed by atoms with Crippen LogP contribution in [0.4, 0.5) is 0 Å². The van der Waals surface area contributed by atoms with Crippen LogP contribution in [0.1, 0.15) is 35.1 Å². The normalized spacial score (nSPS) is 15.0. The molecule has 1 N–H and O–H groups in total. The van der Waals surface area contributed by atoms with Gasteiger partial charge < -0.3 is 14.6 Å². The van der Waals surface area contributed by atoms with Crippen LogP contribution in [0.15, 0.2) is 42.5 Å². The number of imidazole rings is 1. The van der Waals surface area contributed by atoms with Crippen LogP contribution in [0.2, 0.25) is 5.02 Å². The van der Waals surface area contributed by atoms with Gasteiger partial charge in [0.1, 0.15) is 5.82 Å². The van der Waals surface area contributed by atoms with Crippen molar-refractivity contribution in [3.05, 3.63) is 64.4 Å². The number of hydrogen-bond donors (Lipinski definition) is 1. The van der Waals surface area contributed by atoms with E-state index in [0.717, 1.165) is 53.4 Å². The number of aliphatic hydroxyl groups excluding tert-OH is 1. The standard InChI is InChI=1S/C24H29ClN4O2/c1-2-5-23-26-21-9-8-18(24(31)28-12-10-27(11-13-28)14-15-30)16-22(21)29(23)17-19-6-3-4-7-20(19)25/h3-4,6-9,16,30H,2,5,10-15,17H2,1H3. The van der Waals surface area contributed by atoms with E-state index < -0.39 is 0 Å². The maximum atomic E-state index is 13.2. The third-order valence-corrected chi connectivity index (χ3v) is 6.28. The summed E-state index contributed by atoms with van der Waals surface area (Å²) in [6.07, 6.45) is 1.87. The molecule has 7 heteroatoms. The second-order valence-electron chi connectivity index (χ2n) is 8.02. The van der Waals surface area contributed by atoms with E-state index in [1.165, 1.54) is 0 Å². The Hall–Kier alpha value is -2.41. The molecule has 1 saturated heterocycles. The zero-order chi connectivity index (χ0) is 21.8. The lowest BCUT2D eigenvalue weighted by atomic mass is 10.1. The largest absolute Gasteiger partial charge is 0.395 e. The topological polar surface area (TPSA) is 61.6 Å². The second kappa shape index (κ2) is 9.81. The van der Waals surface area contributed by atoms with Gasteiger partial charge in [-0.3, -0.25) is 9.69 Å². The van der Waals surface area contributed by atoms with Gasteiger partial charge in [0.15, 0.2) is 0 Å². The first-order chi connectivity index (χ1) is 15.1. The summed E-state index contributed by atoms with van der Waals surface area (Å²) in [5.41, 5.74) is 3.59. The molecule has 0 unspecified atom stereocenters. The van der Waals surface area contributed by atoms with Gasteiger partial charge >= 0.3 is 0 Å². The molecule has 0 saturated carbocycles. The summed E-state index contributed by atoms with van der Waals surface area (Å²) in [7, 11) is 0. The van der Waals surface area contributed by atoms with Crippen molar-refractivity contribution in [2.45, 2.75) is 26.3 Å². The first-order valence-electron chi connectivity index (χ1n) is 11.0. The number of aliphatic hydroxyl groups is 1. The summed E-state index contributed by atoms with van der Waals surface area (Å²) in [4.78, 5) is 22.1. The van der Waals surface area contributed by atoms with Crippen molar-refractivity contribution in [3.63, 3.8) is 0 Å². The number of halogens is 1. The molecule has 4 rings (SSSR count). The van der Waals surface area contributed by atoms with Crippen molar-refractivity contribution >= 4 is 28.5 Å². The van der Waals surface area contributed by atoms with Crippen molar-refractivity contribution in [3.8, 4) is 0 Å². The van der Waals surface area contributed by atoms with E-state index >= 15 is 0 Å². The number of piperazine rings is 1. The number of hydrogen-bond acceptors (Lipinski definition) is 4. The highest BCUT2D eigenvalue weighted by atomic mass is 35.5. The lowest BCUT2D eigenvalue weighted by Crippen LogP contribution is -2.49. The Morgan fingerprint density at radius 2 is 1.90 bits per heavy atom. The van der Waals surface area contributed by atoms with Crippen LogP contribution in [0.3, 0.4) is 0 Å². The lowest BCUT2D eigenvalue weighted by Gasteiger charge is -2.34. The Balaban J connectivity index is 1.63. The number of fused-ring (bicyclic) bond motifs is 1. The van der Waals surface area contributed by atoms with E-state index in [1.807, 2.05) is 47.4 Å². The number of amides is 1. The molecule has 1 aliphatic heterocycles. The minimum Gasteiger partial charge on any atom is -0.395 e. The van der Waals surface area contributed by atoms with Crippen LogP contribution >= 0.6 is 11.6 Å². The minimum atomic E-state index is 0.0492. The molecule has 3 aromatic rings. The molecule has 1 fully saturated rings. The van der Waals surface area contributed by atoms with Crippen molar-refractivity contribution in [2.24, 2.45) is 0 Å². The average Bonchev–Trinajstić information content (AvgIpc) is 3.12. The predicted molar refractivity (Wildman–Crippen MR) is 124 cm³/mol. The van der Waals surface area contributed by atoms with Crippen molar-refractivity contribution in [1.29, 1.82) is 0 Å². The quantitative estimate of drug-likeness (QED) is 0.611. The molecule has 2 aromatic carbocycles. The first-order valence-corrected chi connectivity index (χ1v) is 11.3. The van der Waals surface area contributed by atoms with Crippen LogP contribution < -0.4 is 0 Å². The molecule has 1 aromatic heterocycles. The Kier molecular flexibility index (Phi) is 6.90. The summed E-state index contributed by atoms with van der Waals surface area (Å²) >= 11 is 6.43. The van der Waals surface area contributed by atoms with Gasteiger partial charge in [-0.2, -0.15) is 0 Å². The van der Waals surface area contributed by atoms with Crippen molar-refractivity contribution in [1.82, 2.24) is 19.4 Å². The van der Waals surface area contributed by atoms with Crippen LogP contribution in [-0.2, 0) is 13.0 Å². The number of aryl methyl sites for hydroxylation is 1.